The van der Waals surface area contributed by atoms with Gasteiger partial charge in [0, 0.05) is 0 Å². The molecule has 2 aromatic rings. The zero-order chi connectivity index (χ0) is 23.8. The molecule has 8 heteroatoms. The molecule has 1 atom stereocenters. The van der Waals surface area contributed by atoms with Gasteiger partial charge in [-0.3, -0.25) is 0 Å². The first-order chi connectivity index (χ1) is 15.7. The highest BCUT2D eigenvalue weighted by atomic mass is 16.6. The fraction of sp³-hybridized carbons (Fsp3) is 0.400. The lowest BCUT2D eigenvalue weighted by Crippen LogP contribution is -2.50. The van der Waals surface area contributed by atoms with Gasteiger partial charge in [0.1, 0.15) is 24.0 Å². The first-order valence-corrected chi connectivity index (χ1v) is 11.0. The summed E-state index contributed by atoms with van der Waals surface area (Å²) in [6.45, 7) is 5.00. The number of amides is 2. The van der Waals surface area contributed by atoms with E-state index >= 15 is 0 Å². The highest BCUT2D eigenvalue weighted by Crippen LogP contribution is 2.26. The maximum Gasteiger partial charge on any atom is 0.408 e. The van der Waals surface area contributed by atoms with E-state index in [1.807, 2.05) is 42.5 Å². The Morgan fingerprint density at radius 2 is 1.70 bits per heavy atom. The van der Waals surface area contributed by atoms with Gasteiger partial charge in [0.05, 0.1) is 6.54 Å². The van der Waals surface area contributed by atoms with Crippen molar-refractivity contribution in [3.8, 4) is 5.75 Å². The van der Waals surface area contributed by atoms with Crippen molar-refractivity contribution in [2.24, 2.45) is 0 Å². The molecule has 2 N–H and O–H groups in total. The molecule has 0 aromatic heterocycles. The monoisotopic (exact) mass is 454 g/mol. The Bertz CT molecular complexity index is 984. The average Bonchev–Trinajstić information content (AvgIpc) is 3.22. The zero-order valence-electron chi connectivity index (χ0n) is 19.2. The van der Waals surface area contributed by atoms with Crippen LogP contribution < -0.4 is 15.4 Å². The molecule has 0 saturated carbocycles. The smallest absolute Gasteiger partial charge is 0.408 e. The molecule has 0 spiro atoms. The van der Waals surface area contributed by atoms with E-state index in [1.165, 1.54) is 5.56 Å². The van der Waals surface area contributed by atoms with Gasteiger partial charge < -0.3 is 24.8 Å². The summed E-state index contributed by atoms with van der Waals surface area (Å²) in [5, 5.41) is 4.97. The Hall–Kier alpha value is -3.55. The van der Waals surface area contributed by atoms with E-state index in [0.717, 1.165) is 30.4 Å². The second-order valence-corrected chi connectivity index (χ2v) is 8.85. The van der Waals surface area contributed by atoms with E-state index in [-0.39, 0.29) is 13.2 Å². The third-order valence-corrected chi connectivity index (χ3v) is 4.93. The maximum atomic E-state index is 12.8. The highest BCUT2D eigenvalue weighted by molar-refractivity contribution is 5.84. The summed E-state index contributed by atoms with van der Waals surface area (Å²) in [5.74, 6) is -0.331. The first kappa shape index (κ1) is 24.1. The molecule has 2 amide bonds. The van der Waals surface area contributed by atoms with Crippen LogP contribution in [0.4, 0.5) is 9.59 Å². The van der Waals surface area contributed by atoms with E-state index < -0.39 is 29.8 Å². The van der Waals surface area contributed by atoms with Crippen molar-refractivity contribution in [2.45, 2.75) is 58.3 Å². The molecule has 176 valence electrons. The highest BCUT2D eigenvalue weighted by Gasteiger charge is 2.26. The first-order valence-electron chi connectivity index (χ1n) is 11.0. The van der Waals surface area contributed by atoms with Crippen LogP contribution in [-0.2, 0) is 33.7 Å². The van der Waals surface area contributed by atoms with Crippen LogP contribution in [0.15, 0.2) is 48.5 Å². The zero-order valence-corrected chi connectivity index (χ0v) is 19.2. The van der Waals surface area contributed by atoms with Crippen molar-refractivity contribution >= 4 is 18.2 Å². The number of rotatable bonds is 7. The van der Waals surface area contributed by atoms with Gasteiger partial charge in [0.15, 0.2) is 0 Å². The molecule has 0 aliphatic heterocycles. The molecule has 0 radical (unpaired) electrons. The summed E-state index contributed by atoms with van der Waals surface area (Å²) >= 11 is 0. The molecule has 0 bridgehead atoms. The minimum Gasteiger partial charge on any atom is -0.445 e. The Balaban J connectivity index is 1.62. The summed E-state index contributed by atoms with van der Waals surface area (Å²) in [7, 11) is 0. The summed E-state index contributed by atoms with van der Waals surface area (Å²) in [4.78, 5) is 37.2. The van der Waals surface area contributed by atoms with Crippen molar-refractivity contribution in [3.05, 3.63) is 65.2 Å². The topological polar surface area (TPSA) is 103 Å². The fourth-order valence-corrected chi connectivity index (χ4v) is 3.40. The molecule has 8 nitrogen and oxygen atoms in total. The van der Waals surface area contributed by atoms with Crippen LogP contribution in [0.5, 0.6) is 5.75 Å². The number of ether oxygens (including phenoxy) is 3. The van der Waals surface area contributed by atoms with Gasteiger partial charge >= 0.3 is 18.2 Å². The van der Waals surface area contributed by atoms with Gasteiger partial charge in [0.2, 0.25) is 0 Å². The van der Waals surface area contributed by atoms with Crippen LogP contribution in [0, 0.1) is 0 Å². The second kappa shape index (κ2) is 10.8. The van der Waals surface area contributed by atoms with Crippen molar-refractivity contribution < 1.29 is 28.6 Å². The third-order valence-electron chi connectivity index (χ3n) is 4.93. The molecule has 3 rings (SSSR count). The van der Waals surface area contributed by atoms with E-state index in [1.54, 1.807) is 26.8 Å². The van der Waals surface area contributed by atoms with Gasteiger partial charge in [-0.2, -0.15) is 0 Å². The number of fused-ring (bicyclic) bond motifs is 1. The Morgan fingerprint density at radius 3 is 2.42 bits per heavy atom. The largest absolute Gasteiger partial charge is 0.445 e. The van der Waals surface area contributed by atoms with E-state index in [2.05, 4.69) is 10.6 Å². The van der Waals surface area contributed by atoms with Crippen LogP contribution >= 0.6 is 0 Å². The third kappa shape index (κ3) is 7.82. The van der Waals surface area contributed by atoms with Crippen LogP contribution in [0.2, 0.25) is 0 Å². The van der Waals surface area contributed by atoms with Gasteiger partial charge in [-0.25, -0.2) is 14.4 Å². The van der Waals surface area contributed by atoms with Crippen LogP contribution in [0.3, 0.4) is 0 Å². The Kier molecular flexibility index (Phi) is 7.92. The number of aryl methyl sites for hydroxylation is 2. The summed E-state index contributed by atoms with van der Waals surface area (Å²) in [5.41, 5.74) is 2.50. The molecule has 0 fully saturated rings. The molecule has 33 heavy (non-hydrogen) atoms. The Morgan fingerprint density at radius 1 is 0.970 bits per heavy atom. The SMILES string of the molecule is CC(C)(C)OC(=O)NC[C@H](NC(=O)OCc1ccccc1)C(=O)Oc1ccc2c(c1)CCC2. The summed E-state index contributed by atoms with van der Waals surface area (Å²) in [6.07, 6.45) is 1.51. The molecule has 0 heterocycles. The average molecular weight is 455 g/mol. The minimum atomic E-state index is -1.17. The van der Waals surface area contributed by atoms with Crippen molar-refractivity contribution in [2.75, 3.05) is 6.54 Å². The normalized spacial score (nSPS) is 13.4. The predicted octanol–water partition coefficient (Wildman–Crippen LogP) is 3.90. The molecular formula is C25H30N2O6. The molecule has 2 aromatic carbocycles. The minimum absolute atomic E-state index is 0.0404. The standard InChI is InChI=1S/C25H30N2O6/c1-25(2,3)33-23(29)26-15-21(27-24(30)31-16-17-8-5-4-6-9-17)22(28)32-20-13-12-18-10-7-11-19(18)14-20/h4-6,8-9,12-14,21H,7,10-11,15-16H2,1-3H3,(H,26,29)(H,27,30)/t21-/m0/s1. The number of hydrogen-bond donors (Lipinski definition) is 2. The van der Waals surface area contributed by atoms with Crippen molar-refractivity contribution in [1.82, 2.24) is 10.6 Å². The number of alkyl carbamates (subject to hydrolysis) is 2. The molecule has 1 aliphatic carbocycles. The summed E-state index contributed by atoms with van der Waals surface area (Å²) in [6, 6.07) is 13.5. The van der Waals surface area contributed by atoms with E-state index in [4.69, 9.17) is 14.2 Å². The van der Waals surface area contributed by atoms with Crippen LogP contribution in [0.25, 0.3) is 0 Å². The maximum absolute atomic E-state index is 12.8. The molecule has 1 aliphatic rings. The number of carbonyl (C=O) groups excluding carboxylic acids is 3. The second-order valence-electron chi connectivity index (χ2n) is 8.85. The van der Waals surface area contributed by atoms with Crippen LogP contribution in [0.1, 0.15) is 43.9 Å². The number of benzene rings is 2. The van der Waals surface area contributed by atoms with Gasteiger partial charge in [-0.1, -0.05) is 36.4 Å². The molecular weight excluding hydrogens is 424 g/mol. The van der Waals surface area contributed by atoms with Gasteiger partial charge in [-0.05, 0) is 68.9 Å². The van der Waals surface area contributed by atoms with Crippen molar-refractivity contribution in [3.63, 3.8) is 0 Å². The van der Waals surface area contributed by atoms with Crippen LogP contribution in [-0.4, -0.2) is 36.3 Å². The van der Waals surface area contributed by atoms with Gasteiger partial charge in [-0.15, -0.1) is 0 Å². The predicted molar refractivity (Wildman–Crippen MR) is 122 cm³/mol. The quantitative estimate of drug-likeness (QED) is 0.486. The van der Waals surface area contributed by atoms with Gasteiger partial charge in [0.25, 0.3) is 0 Å². The number of carbonyl (C=O) groups is 3. The number of hydrogen-bond acceptors (Lipinski definition) is 6. The van der Waals surface area contributed by atoms with E-state index in [0.29, 0.717) is 5.75 Å². The lowest BCUT2D eigenvalue weighted by molar-refractivity contribution is -0.136. The molecule has 0 unspecified atom stereocenters. The van der Waals surface area contributed by atoms with Crippen molar-refractivity contribution in [1.29, 1.82) is 0 Å². The lowest BCUT2D eigenvalue weighted by atomic mass is 10.1. The fourth-order valence-electron chi connectivity index (χ4n) is 3.40. The summed E-state index contributed by atoms with van der Waals surface area (Å²) < 4.78 is 15.9. The lowest BCUT2D eigenvalue weighted by Gasteiger charge is -2.22. The molecule has 0 saturated heterocycles. The van der Waals surface area contributed by atoms with E-state index in [9.17, 15) is 14.4 Å². The number of esters is 1. The number of nitrogens with one attached hydrogen (secondary N) is 2. The Labute approximate surface area is 193 Å².